The van der Waals surface area contributed by atoms with Crippen molar-refractivity contribution < 1.29 is 14.7 Å². The molecular weight excluding hydrogens is 248 g/mol. The predicted octanol–water partition coefficient (Wildman–Crippen LogP) is 0.690. The van der Waals surface area contributed by atoms with Crippen molar-refractivity contribution in [1.82, 2.24) is 20.0 Å². The Labute approximate surface area is 111 Å². The lowest BCUT2D eigenvalue weighted by molar-refractivity contribution is -0.146. The molecule has 1 aromatic heterocycles. The first kappa shape index (κ1) is 13.4. The van der Waals surface area contributed by atoms with Crippen LogP contribution in [0.25, 0.3) is 0 Å². The molecule has 1 saturated heterocycles. The number of nitrogens with one attached hydrogen (secondary N) is 1. The number of hydrogen-bond donors (Lipinski definition) is 2. The van der Waals surface area contributed by atoms with Crippen LogP contribution in [0.2, 0.25) is 0 Å². The van der Waals surface area contributed by atoms with Crippen molar-refractivity contribution >= 4 is 12.0 Å². The predicted molar refractivity (Wildman–Crippen MR) is 67.5 cm³/mol. The number of amides is 2. The minimum atomic E-state index is -0.847. The Morgan fingerprint density at radius 3 is 2.74 bits per heavy atom. The average Bonchev–Trinajstić information content (AvgIpc) is 2.72. The van der Waals surface area contributed by atoms with Crippen LogP contribution in [0.3, 0.4) is 0 Å². The zero-order chi connectivity index (χ0) is 14.0. The number of nitrogens with zero attached hydrogens (tertiary/aromatic N) is 3. The topological polar surface area (TPSA) is 87.5 Å². The van der Waals surface area contributed by atoms with Crippen LogP contribution in [0, 0.1) is 5.92 Å². The summed E-state index contributed by atoms with van der Waals surface area (Å²) >= 11 is 0. The van der Waals surface area contributed by atoms with Crippen LogP contribution >= 0.6 is 0 Å². The molecule has 0 bridgehead atoms. The number of likely N-dealkylation sites (tertiary alicyclic amines) is 1. The third-order valence-corrected chi connectivity index (χ3v) is 3.13. The fraction of sp³-hybridized carbons (Fsp3) is 0.583. The third kappa shape index (κ3) is 3.04. The molecule has 2 amide bonds. The van der Waals surface area contributed by atoms with Gasteiger partial charge in [0.15, 0.2) is 0 Å². The maximum absolute atomic E-state index is 11.7. The van der Waals surface area contributed by atoms with Crippen molar-refractivity contribution in [2.75, 3.05) is 13.1 Å². The lowest BCUT2D eigenvalue weighted by Crippen LogP contribution is -2.56. The molecule has 2 heterocycles. The third-order valence-electron chi connectivity index (χ3n) is 3.13. The molecule has 0 aromatic carbocycles. The van der Waals surface area contributed by atoms with Crippen LogP contribution in [0.15, 0.2) is 12.3 Å². The summed E-state index contributed by atoms with van der Waals surface area (Å²) in [5, 5.41) is 15.8. The van der Waals surface area contributed by atoms with Gasteiger partial charge in [-0.15, -0.1) is 0 Å². The van der Waals surface area contributed by atoms with Crippen LogP contribution in [0.5, 0.6) is 0 Å². The molecule has 0 unspecified atom stereocenters. The zero-order valence-electron chi connectivity index (χ0n) is 11.0. The summed E-state index contributed by atoms with van der Waals surface area (Å²) in [6.45, 7) is 4.97. The van der Waals surface area contributed by atoms with E-state index in [2.05, 4.69) is 10.4 Å². The number of carboxylic acid groups (broad SMARTS) is 1. The smallest absolute Gasteiger partial charge is 0.317 e. The van der Waals surface area contributed by atoms with E-state index in [0.29, 0.717) is 6.54 Å². The minimum Gasteiger partial charge on any atom is -0.481 e. The SMILES string of the molecule is CC(C)n1ccc(CNC(=O)N2CC(C(=O)O)C2)n1. The largest absolute Gasteiger partial charge is 0.481 e. The average molecular weight is 266 g/mol. The summed E-state index contributed by atoms with van der Waals surface area (Å²) in [6.07, 6.45) is 1.87. The molecule has 7 nitrogen and oxygen atoms in total. The summed E-state index contributed by atoms with van der Waals surface area (Å²) < 4.78 is 1.82. The Hall–Kier alpha value is -2.05. The highest BCUT2D eigenvalue weighted by Gasteiger charge is 2.35. The second kappa shape index (κ2) is 5.29. The van der Waals surface area contributed by atoms with Gasteiger partial charge < -0.3 is 15.3 Å². The molecule has 0 spiro atoms. The highest BCUT2D eigenvalue weighted by molar-refractivity contribution is 5.79. The number of hydrogen-bond acceptors (Lipinski definition) is 3. The second-order valence-electron chi connectivity index (χ2n) is 4.98. The molecule has 1 aliphatic heterocycles. The van der Waals surface area contributed by atoms with Gasteiger partial charge in [0.05, 0.1) is 18.2 Å². The highest BCUT2D eigenvalue weighted by atomic mass is 16.4. The number of rotatable bonds is 4. The van der Waals surface area contributed by atoms with Gasteiger partial charge in [-0.05, 0) is 19.9 Å². The number of carboxylic acids is 1. The van der Waals surface area contributed by atoms with Gasteiger partial charge in [-0.1, -0.05) is 0 Å². The molecule has 0 atom stereocenters. The quantitative estimate of drug-likeness (QED) is 0.839. The van der Waals surface area contributed by atoms with Gasteiger partial charge in [0.1, 0.15) is 0 Å². The first-order valence-corrected chi connectivity index (χ1v) is 6.27. The molecule has 0 aliphatic carbocycles. The van der Waals surface area contributed by atoms with Crippen molar-refractivity contribution in [2.45, 2.75) is 26.4 Å². The maximum atomic E-state index is 11.7. The van der Waals surface area contributed by atoms with E-state index in [0.717, 1.165) is 5.69 Å². The minimum absolute atomic E-state index is 0.239. The van der Waals surface area contributed by atoms with Crippen LogP contribution in [0.4, 0.5) is 4.79 Å². The fourth-order valence-electron chi connectivity index (χ4n) is 1.84. The van der Waals surface area contributed by atoms with E-state index >= 15 is 0 Å². The molecule has 2 N–H and O–H groups in total. The van der Waals surface area contributed by atoms with Crippen molar-refractivity contribution in [3.8, 4) is 0 Å². The molecule has 2 rings (SSSR count). The molecule has 0 radical (unpaired) electrons. The van der Waals surface area contributed by atoms with Gasteiger partial charge in [0, 0.05) is 25.3 Å². The van der Waals surface area contributed by atoms with E-state index in [4.69, 9.17) is 5.11 Å². The van der Waals surface area contributed by atoms with Crippen LogP contribution in [-0.4, -0.2) is 44.9 Å². The normalized spacial score (nSPS) is 15.4. The van der Waals surface area contributed by atoms with Crippen LogP contribution < -0.4 is 5.32 Å². The molecule has 7 heteroatoms. The van der Waals surface area contributed by atoms with Crippen molar-refractivity contribution in [1.29, 1.82) is 0 Å². The number of carbonyl (C=O) groups is 2. The van der Waals surface area contributed by atoms with Gasteiger partial charge in [-0.25, -0.2) is 4.79 Å². The van der Waals surface area contributed by atoms with E-state index in [1.807, 2.05) is 30.8 Å². The van der Waals surface area contributed by atoms with E-state index in [1.165, 1.54) is 4.90 Å². The van der Waals surface area contributed by atoms with Gasteiger partial charge in [-0.2, -0.15) is 5.10 Å². The van der Waals surface area contributed by atoms with Crippen LogP contribution in [0.1, 0.15) is 25.6 Å². The maximum Gasteiger partial charge on any atom is 0.317 e. The van der Waals surface area contributed by atoms with E-state index in [-0.39, 0.29) is 25.2 Å². The molecular formula is C12H18N4O3. The van der Waals surface area contributed by atoms with E-state index in [9.17, 15) is 9.59 Å². The van der Waals surface area contributed by atoms with Crippen molar-refractivity contribution in [2.24, 2.45) is 5.92 Å². The first-order chi connectivity index (χ1) is 8.97. The second-order valence-corrected chi connectivity index (χ2v) is 4.98. The molecule has 1 aromatic rings. The highest BCUT2D eigenvalue weighted by Crippen LogP contribution is 2.15. The van der Waals surface area contributed by atoms with Crippen LogP contribution in [-0.2, 0) is 11.3 Å². The summed E-state index contributed by atoms with van der Waals surface area (Å²) in [4.78, 5) is 23.8. The summed E-state index contributed by atoms with van der Waals surface area (Å²) in [5.41, 5.74) is 0.789. The molecule has 1 aliphatic rings. The Balaban J connectivity index is 1.76. The Morgan fingerprint density at radius 1 is 1.53 bits per heavy atom. The molecule has 19 heavy (non-hydrogen) atoms. The molecule has 104 valence electrons. The number of aliphatic carboxylic acids is 1. The zero-order valence-corrected chi connectivity index (χ0v) is 11.0. The Morgan fingerprint density at radius 2 is 2.21 bits per heavy atom. The molecule has 0 saturated carbocycles. The van der Waals surface area contributed by atoms with E-state index < -0.39 is 11.9 Å². The Kier molecular flexibility index (Phi) is 3.73. The van der Waals surface area contributed by atoms with Gasteiger partial charge >= 0.3 is 12.0 Å². The standard InChI is InChI=1S/C12H18N4O3/c1-8(2)16-4-3-10(14-16)5-13-12(19)15-6-9(7-15)11(17)18/h3-4,8-9H,5-7H2,1-2H3,(H,13,19)(H,17,18). The molecule has 1 fully saturated rings. The van der Waals surface area contributed by atoms with Gasteiger partial charge in [0.2, 0.25) is 0 Å². The summed E-state index contributed by atoms with van der Waals surface area (Å²) in [7, 11) is 0. The monoisotopic (exact) mass is 266 g/mol. The summed E-state index contributed by atoms with van der Waals surface area (Å²) in [6, 6.07) is 1.91. The van der Waals surface area contributed by atoms with E-state index in [1.54, 1.807) is 0 Å². The lowest BCUT2D eigenvalue weighted by atomic mass is 10.0. The number of aromatic nitrogens is 2. The lowest BCUT2D eigenvalue weighted by Gasteiger charge is -2.36. The van der Waals surface area contributed by atoms with Gasteiger partial charge in [0.25, 0.3) is 0 Å². The van der Waals surface area contributed by atoms with Gasteiger partial charge in [-0.3, -0.25) is 9.48 Å². The number of urea groups is 1. The fourth-order valence-corrected chi connectivity index (χ4v) is 1.84. The number of carbonyl (C=O) groups excluding carboxylic acids is 1. The summed E-state index contributed by atoms with van der Waals surface area (Å²) in [5.74, 6) is -1.27. The first-order valence-electron chi connectivity index (χ1n) is 6.27. The van der Waals surface area contributed by atoms with Crippen molar-refractivity contribution in [3.63, 3.8) is 0 Å². The van der Waals surface area contributed by atoms with Crippen molar-refractivity contribution in [3.05, 3.63) is 18.0 Å². The Bertz CT molecular complexity index is 477.